The molecule has 1 aromatic carbocycles. The van der Waals surface area contributed by atoms with Crippen LogP contribution in [0.3, 0.4) is 0 Å². The molecule has 0 heterocycles. The zero-order valence-corrected chi connectivity index (χ0v) is 14.7. The highest BCUT2D eigenvalue weighted by molar-refractivity contribution is 6.04. The number of nitrogens with zero attached hydrogens (tertiary/aromatic N) is 1. The molecule has 2 amide bonds. The van der Waals surface area contributed by atoms with E-state index >= 15 is 0 Å². The van der Waals surface area contributed by atoms with Gasteiger partial charge in [-0.3, -0.25) is 10.1 Å². The van der Waals surface area contributed by atoms with Crippen molar-refractivity contribution in [3.8, 4) is 0 Å². The zero-order chi connectivity index (χ0) is 19.2. The molecule has 0 atom stereocenters. The van der Waals surface area contributed by atoms with Crippen molar-refractivity contribution in [1.29, 1.82) is 0 Å². The fourth-order valence-electron chi connectivity index (χ4n) is 2.19. The van der Waals surface area contributed by atoms with Crippen molar-refractivity contribution in [2.75, 3.05) is 42.3 Å². The third-order valence-corrected chi connectivity index (χ3v) is 3.15. The van der Waals surface area contributed by atoms with Crippen LogP contribution >= 0.6 is 0 Å². The van der Waals surface area contributed by atoms with Crippen molar-refractivity contribution in [2.45, 2.75) is 26.4 Å². The SMILES string of the molecule is CC(C)(C)OC(=O)Nc1cc(N)c(N(CCO)CCO)cc1C(N)=O. The number of rotatable bonds is 7. The van der Waals surface area contributed by atoms with Gasteiger partial charge in [-0.1, -0.05) is 0 Å². The van der Waals surface area contributed by atoms with Crippen molar-refractivity contribution in [1.82, 2.24) is 0 Å². The van der Waals surface area contributed by atoms with E-state index in [0.717, 1.165) is 0 Å². The molecule has 0 unspecified atom stereocenters. The molecule has 140 valence electrons. The molecule has 0 aliphatic carbocycles. The average molecular weight is 354 g/mol. The molecule has 7 N–H and O–H groups in total. The van der Waals surface area contributed by atoms with Gasteiger partial charge in [-0.25, -0.2) is 4.79 Å². The van der Waals surface area contributed by atoms with Crippen LogP contribution in [0.5, 0.6) is 0 Å². The summed E-state index contributed by atoms with van der Waals surface area (Å²) >= 11 is 0. The highest BCUT2D eigenvalue weighted by Gasteiger charge is 2.21. The molecule has 0 bridgehead atoms. The zero-order valence-electron chi connectivity index (χ0n) is 14.7. The second-order valence-electron chi connectivity index (χ2n) is 6.38. The van der Waals surface area contributed by atoms with Crippen LogP contribution in [-0.2, 0) is 4.74 Å². The standard InChI is InChI=1S/C16H26N4O5/c1-16(2,3)25-15(24)19-12-9-11(17)13(8-10(12)14(18)23)20(4-6-21)5-7-22/h8-9,21-22H,4-7,17H2,1-3H3,(H2,18,23)(H,19,24). The van der Waals surface area contributed by atoms with Gasteiger partial charge in [-0.05, 0) is 32.9 Å². The molecular formula is C16H26N4O5. The van der Waals surface area contributed by atoms with E-state index in [-0.39, 0.29) is 43.2 Å². The number of carbonyl (C=O) groups excluding carboxylic acids is 2. The van der Waals surface area contributed by atoms with E-state index in [2.05, 4.69) is 5.32 Å². The summed E-state index contributed by atoms with van der Waals surface area (Å²) in [5, 5.41) is 20.8. The fraction of sp³-hybridized carbons (Fsp3) is 0.500. The molecule has 9 heteroatoms. The Morgan fingerprint density at radius 3 is 2.20 bits per heavy atom. The molecule has 0 aliphatic rings. The molecule has 0 saturated carbocycles. The highest BCUT2D eigenvalue weighted by atomic mass is 16.6. The fourth-order valence-corrected chi connectivity index (χ4v) is 2.19. The Kier molecular flexibility index (Phi) is 7.01. The lowest BCUT2D eigenvalue weighted by molar-refractivity contribution is 0.0636. The van der Waals surface area contributed by atoms with Crippen LogP contribution in [0.25, 0.3) is 0 Å². The Hall–Kier alpha value is -2.52. The summed E-state index contributed by atoms with van der Waals surface area (Å²) in [6.07, 6.45) is -0.746. The number of primary amides is 1. The predicted octanol–water partition coefficient (Wildman–Crippen LogP) is 0.506. The first-order valence-electron chi connectivity index (χ1n) is 7.79. The van der Waals surface area contributed by atoms with Crippen LogP contribution in [0.15, 0.2) is 12.1 Å². The Morgan fingerprint density at radius 1 is 1.20 bits per heavy atom. The smallest absolute Gasteiger partial charge is 0.412 e. The van der Waals surface area contributed by atoms with Gasteiger partial charge in [0.05, 0.1) is 35.8 Å². The number of amides is 2. The van der Waals surface area contributed by atoms with Gasteiger partial charge in [0, 0.05) is 13.1 Å². The van der Waals surface area contributed by atoms with Gasteiger partial charge in [-0.15, -0.1) is 0 Å². The normalized spacial score (nSPS) is 11.1. The van der Waals surface area contributed by atoms with E-state index in [9.17, 15) is 9.59 Å². The first-order chi connectivity index (χ1) is 11.6. The van der Waals surface area contributed by atoms with Gasteiger partial charge in [0.2, 0.25) is 0 Å². The van der Waals surface area contributed by atoms with E-state index in [1.165, 1.54) is 12.1 Å². The van der Waals surface area contributed by atoms with E-state index < -0.39 is 17.6 Å². The lowest BCUT2D eigenvalue weighted by atomic mass is 10.1. The van der Waals surface area contributed by atoms with Crippen molar-refractivity contribution in [2.24, 2.45) is 5.73 Å². The van der Waals surface area contributed by atoms with E-state index in [0.29, 0.717) is 5.69 Å². The van der Waals surface area contributed by atoms with Crippen LogP contribution in [-0.4, -0.2) is 54.1 Å². The van der Waals surface area contributed by atoms with Crippen LogP contribution in [0, 0.1) is 0 Å². The molecular weight excluding hydrogens is 328 g/mol. The maximum absolute atomic E-state index is 11.9. The maximum Gasteiger partial charge on any atom is 0.412 e. The molecule has 1 rings (SSSR count). The van der Waals surface area contributed by atoms with E-state index in [4.69, 9.17) is 26.4 Å². The lowest BCUT2D eigenvalue weighted by Gasteiger charge is -2.26. The molecule has 1 aromatic rings. The van der Waals surface area contributed by atoms with Crippen LogP contribution in [0.1, 0.15) is 31.1 Å². The van der Waals surface area contributed by atoms with Gasteiger partial charge in [0.25, 0.3) is 5.91 Å². The van der Waals surface area contributed by atoms with Crippen LogP contribution in [0.2, 0.25) is 0 Å². The molecule has 0 radical (unpaired) electrons. The minimum Gasteiger partial charge on any atom is -0.444 e. The molecule has 0 fully saturated rings. The summed E-state index contributed by atoms with van der Waals surface area (Å²) < 4.78 is 5.15. The first-order valence-corrected chi connectivity index (χ1v) is 7.79. The number of benzene rings is 1. The third-order valence-electron chi connectivity index (χ3n) is 3.15. The molecule has 0 aliphatic heterocycles. The first kappa shape index (κ1) is 20.5. The largest absolute Gasteiger partial charge is 0.444 e. The van der Waals surface area contributed by atoms with Crippen LogP contribution in [0.4, 0.5) is 21.9 Å². The van der Waals surface area contributed by atoms with Gasteiger partial charge in [0.15, 0.2) is 0 Å². The number of nitrogen functional groups attached to an aromatic ring is 1. The number of nitrogens with two attached hydrogens (primary N) is 2. The number of hydrogen-bond acceptors (Lipinski definition) is 7. The van der Waals surface area contributed by atoms with Gasteiger partial charge >= 0.3 is 6.09 Å². The molecule has 0 saturated heterocycles. The quantitative estimate of drug-likeness (QED) is 0.447. The summed E-state index contributed by atoms with van der Waals surface area (Å²) in [6, 6.07) is 2.80. The Morgan fingerprint density at radius 2 is 1.76 bits per heavy atom. The number of ether oxygens (including phenoxy) is 1. The number of nitrogens with one attached hydrogen (secondary N) is 1. The highest BCUT2D eigenvalue weighted by Crippen LogP contribution is 2.30. The van der Waals surface area contributed by atoms with Crippen molar-refractivity contribution in [3.63, 3.8) is 0 Å². The molecule has 0 spiro atoms. The Bertz CT molecular complexity index is 622. The molecule has 9 nitrogen and oxygen atoms in total. The van der Waals surface area contributed by atoms with Gasteiger partial charge in [0.1, 0.15) is 5.60 Å². The maximum atomic E-state index is 11.9. The summed E-state index contributed by atoms with van der Waals surface area (Å²) in [5.74, 6) is -0.764. The average Bonchev–Trinajstić information content (AvgIpc) is 2.44. The van der Waals surface area contributed by atoms with Crippen molar-refractivity contribution in [3.05, 3.63) is 17.7 Å². The van der Waals surface area contributed by atoms with Gasteiger partial charge in [-0.2, -0.15) is 0 Å². The topological polar surface area (TPSA) is 151 Å². The third kappa shape index (κ3) is 6.12. The minimum atomic E-state index is -0.764. The Balaban J connectivity index is 3.22. The van der Waals surface area contributed by atoms with E-state index in [1.54, 1.807) is 25.7 Å². The summed E-state index contributed by atoms with van der Waals surface area (Å²) in [6.45, 7) is 5.22. The van der Waals surface area contributed by atoms with Crippen molar-refractivity contribution >= 4 is 29.1 Å². The summed E-state index contributed by atoms with van der Waals surface area (Å²) in [7, 11) is 0. The lowest BCUT2D eigenvalue weighted by Crippen LogP contribution is -2.31. The minimum absolute atomic E-state index is 0.0379. The van der Waals surface area contributed by atoms with Crippen molar-refractivity contribution < 1.29 is 24.5 Å². The predicted molar refractivity (Wildman–Crippen MR) is 95.6 cm³/mol. The number of aliphatic hydroxyl groups excluding tert-OH is 2. The van der Waals surface area contributed by atoms with Gasteiger partial charge < -0.3 is 31.3 Å². The molecule has 25 heavy (non-hydrogen) atoms. The second-order valence-corrected chi connectivity index (χ2v) is 6.38. The molecule has 0 aromatic heterocycles. The summed E-state index contributed by atoms with van der Waals surface area (Å²) in [5.41, 5.74) is 11.5. The Labute approximate surface area is 146 Å². The number of carbonyl (C=O) groups is 2. The monoisotopic (exact) mass is 354 g/mol. The second kappa shape index (κ2) is 8.54. The number of hydrogen-bond donors (Lipinski definition) is 5. The summed E-state index contributed by atoms with van der Waals surface area (Å²) in [4.78, 5) is 25.3. The number of aliphatic hydroxyl groups is 2. The number of anilines is 3. The van der Waals surface area contributed by atoms with Crippen LogP contribution < -0.4 is 21.7 Å². The van der Waals surface area contributed by atoms with E-state index in [1.807, 2.05) is 0 Å².